The van der Waals surface area contributed by atoms with Crippen LogP contribution in [-0.2, 0) is 14.3 Å². The Kier molecular flexibility index (Phi) is 2.06. The monoisotopic (exact) mass is 144 g/mol. The molecule has 0 aromatic rings. The zero-order chi connectivity index (χ0) is 7.56. The Morgan fingerprint density at radius 3 is 3.00 bits per heavy atom. The van der Waals surface area contributed by atoms with Crippen molar-refractivity contribution in [2.75, 3.05) is 13.7 Å². The molecule has 1 atom stereocenters. The van der Waals surface area contributed by atoms with Gasteiger partial charge in [-0.2, -0.15) is 0 Å². The van der Waals surface area contributed by atoms with Crippen molar-refractivity contribution in [3.63, 3.8) is 0 Å². The summed E-state index contributed by atoms with van der Waals surface area (Å²) in [6, 6.07) is 0. The molecular formula is C7H12O3. The molecule has 1 aliphatic rings. The SMILES string of the molecule is C=C(CC1CO1)C(=O)OC.[HH]. The minimum absolute atomic E-state index is 0. The van der Waals surface area contributed by atoms with Crippen molar-refractivity contribution < 1.29 is 15.7 Å². The first-order chi connectivity index (χ1) is 4.74. The molecule has 0 N–H and O–H groups in total. The fourth-order valence-electron chi connectivity index (χ4n) is 0.688. The first-order valence-electron chi connectivity index (χ1n) is 3.11. The summed E-state index contributed by atoms with van der Waals surface area (Å²) in [4.78, 5) is 10.7. The van der Waals surface area contributed by atoms with E-state index in [0.717, 1.165) is 6.61 Å². The predicted molar refractivity (Wildman–Crippen MR) is 37.6 cm³/mol. The van der Waals surface area contributed by atoms with E-state index in [4.69, 9.17) is 4.74 Å². The van der Waals surface area contributed by atoms with Gasteiger partial charge in [-0.3, -0.25) is 0 Å². The Labute approximate surface area is 61.1 Å². The van der Waals surface area contributed by atoms with Gasteiger partial charge in [0.05, 0.1) is 19.8 Å². The molecular weight excluding hydrogens is 132 g/mol. The van der Waals surface area contributed by atoms with Crippen LogP contribution in [0.4, 0.5) is 0 Å². The first-order valence-corrected chi connectivity index (χ1v) is 3.11. The molecule has 0 aliphatic carbocycles. The standard InChI is InChI=1S/C7H10O3.H2/c1-5(7(8)9-2)3-6-4-10-6;/h6H,1,3-4H2,2H3;1H. The molecule has 3 heteroatoms. The van der Waals surface area contributed by atoms with E-state index in [1.807, 2.05) is 0 Å². The predicted octanol–water partition coefficient (Wildman–Crippen LogP) is 0.750. The lowest BCUT2D eigenvalue weighted by molar-refractivity contribution is -0.136. The molecule has 1 rings (SSSR count). The Balaban J connectivity index is 0.000001000. The van der Waals surface area contributed by atoms with Gasteiger partial charge in [0.1, 0.15) is 0 Å². The molecule has 0 saturated carbocycles. The van der Waals surface area contributed by atoms with Crippen LogP contribution in [0.15, 0.2) is 12.2 Å². The number of epoxide rings is 1. The van der Waals surface area contributed by atoms with Crippen LogP contribution in [0.2, 0.25) is 0 Å². The summed E-state index contributed by atoms with van der Waals surface area (Å²) in [5.74, 6) is -0.337. The van der Waals surface area contributed by atoms with Gasteiger partial charge in [-0.05, 0) is 0 Å². The fraction of sp³-hybridized carbons (Fsp3) is 0.571. The molecule has 1 heterocycles. The van der Waals surface area contributed by atoms with Gasteiger partial charge in [0.25, 0.3) is 0 Å². The van der Waals surface area contributed by atoms with Crippen LogP contribution in [-0.4, -0.2) is 25.8 Å². The summed E-state index contributed by atoms with van der Waals surface area (Å²) in [5.41, 5.74) is 0.491. The van der Waals surface area contributed by atoms with E-state index in [1.54, 1.807) is 0 Å². The molecule has 1 saturated heterocycles. The van der Waals surface area contributed by atoms with E-state index in [-0.39, 0.29) is 13.5 Å². The van der Waals surface area contributed by atoms with Crippen molar-refractivity contribution in [2.24, 2.45) is 0 Å². The molecule has 0 bridgehead atoms. The number of esters is 1. The highest BCUT2D eigenvalue weighted by molar-refractivity contribution is 5.87. The van der Waals surface area contributed by atoms with Crippen LogP contribution >= 0.6 is 0 Å². The Hall–Kier alpha value is -0.830. The normalized spacial score (nSPS) is 21.9. The van der Waals surface area contributed by atoms with Crippen molar-refractivity contribution in [3.05, 3.63) is 12.2 Å². The van der Waals surface area contributed by atoms with Gasteiger partial charge in [-0.1, -0.05) is 6.58 Å². The number of rotatable bonds is 3. The van der Waals surface area contributed by atoms with Crippen LogP contribution in [0.3, 0.4) is 0 Å². The van der Waals surface area contributed by atoms with Gasteiger partial charge in [0, 0.05) is 13.4 Å². The Morgan fingerprint density at radius 1 is 2.00 bits per heavy atom. The number of carbonyl (C=O) groups excluding carboxylic acids is 1. The summed E-state index contributed by atoms with van der Waals surface area (Å²) >= 11 is 0. The Morgan fingerprint density at radius 2 is 2.60 bits per heavy atom. The number of ether oxygens (including phenoxy) is 2. The van der Waals surface area contributed by atoms with E-state index >= 15 is 0 Å². The van der Waals surface area contributed by atoms with Crippen molar-refractivity contribution in [2.45, 2.75) is 12.5 Å². The van der Waals surface area contributed by atoms with Gasteiger partial charge in [0.15, 0.2) is 0 Å². The highest BCUT2D eigenvalue weighted by Crippen LogP contribution is 2.18. The largest absolute Gasteiger partial charge is 0.466 e. The molecule has 0 amide bonds. The smallest absolute Gasteiger partial charge is 0.333 e. The molecule has 0 aromatic carbocycles. The van der Waals surface area contributed by atoms with E-state index in [2.05, 4.69) is 11.3 Å². The van der Waals surface area contributed by atoms with Crippen LogP contribution in [0.25, 0.3) is 0 Å². The average molecular weight is 144 g/mol. The minimum Gasteiger partial charge on any atom is -0.466 e. The summed E-state index contributed by atoms with van der Waals surface area (Å²) in [5, 5.41) is 0. The van der Waals surface area contributed by atoms with E-state index in [9.17, 15) is 4.79 Å². The zero-order valence-corrected chi connectivity index (χ0v) is 5.92. The minimum atomic E-state index is -0.337. The number of hydrogen-bond donors (Lipinski definition) is 0. The Bertz CT molecular complexity index is 163. The average Bonchev–Trinajstić information content (AvgIpc) is 2.70. The van der Waals surface area contributed by atoms with Gasteiger partial charge >= 0.3 is 5.97 Å². The first kappa shape index (κ1) is 7.28. The lowest BCUT2D eigenvalue weighted by Crippen LogP contribution is -2.05. The molecule has 10 heavy (non-hydrogen) atoms. The van der Waals surface area contributed by atoms with Crippen LogP contribution in [0.1, 0.15) is 7.85 Å². The topological polar surface area (TPSA) is 38.8 Å². The number of carbonyl (C=O) groups is 1. The molecule has 1 fully saturated rings. The second-order valence-corrected chi connectivity index (χ2v) is 2.25. The quantitative estimate of drug-likeness (QED) is 0.333. The molecule has 1 aliphatic heterocycles. The zero-order valence-electron chi connectivity index (χ0n) is 5.92. The summed E-state index contributed by atoms with van der Waals surface area (Å²) in [6.45, 7) is 4.30. The van der Waals surface area contributed by atoms with Crippen LogP contribution in [0, 0.1) is 0 Å². The van der Waals surface area contributed by atoms with Gasteiger partial charge in [-0.15, -0.1) is 0 Å². The van der Waals surface area contributed by atoms with Crippen molar-refractivity contribution >= 4 is 5.97 Å². The van der Waals surface area contributed by atoms with E-state index in [1.165, 1.54) is 7.11 Å². The maximum Gasteiger partial charge on any atom is 0.333 e. The van der Waals surface area contributed by atoms with Crippen molar-refractivity contribution in [1.82, 2.24) is 0 Å². The van der Waals surface area contributed by atoms with E-state index in [0.29, 0.717) is 12.0 Å². The third-order valence-electron chi connectivity index (χ3n) is 1.35. The summed E-state index contributed by atoms with van der Waals surface area (Å²) < 4.78 is 9.35. The molecule has 3 nitrogen and oxygen atoms in total. The molecule has 0 spiro atoms. The highest BCUT2D eigenvalue weighted by atomic mass is 16.6. The number of hydrogen-bond acceptors (Lipinski definition) is 3. The van der Waals surface area contributed by atoms with Gasteiger partial charge in [0.2, 0.25) is 0 Å². The summed E-state index contributed by atoms with van der Waals surface area (Å²) in [6.07, 6.45) is 0.818. The molecule has 0 aromatic heterocycles. The van der Waals surface area contributed by atoms with Gasteiger partial charge < -0.3 is 9.47 Å². The van der Waals surface area contributed by atoms with Crippen LogP contribution < -0.4 is 0 Å². The lowest BCUT2D eigenvalue weighted by Gasteiger charge is -1.98. The summed E-state index contributed by atoms with van der Waals surface area (Å²) in [7, 11) is 1.35. The number of methoxy groups -OCH3 is 1. The second kappa shape index (κ2) is 2.84. The molecule has 58 valence electrons. The third kappa shape index (κ3) is 1.84. The third-order valence-corrected chi connectivity index (χ3v) is 1.35. The van der Waals surface area contributed by atoms with Crippen LogP contribution in [0.5, 0.6) is 0 Å². The maximum absolute atomic E-state index is 10.7. The molecule has 1 unspecified atom stereocenters. The van der Waals surface area contributed by atoms with Gasteiger partial charge in [-0.25, -0.2) is 4.79 Å². The second-order valence-electron chi connectivity index (χ2n) is 2.25. The van der Waals surface area contributed by atoms with Crippen molar-refractivity contribution in [1.29, 1.82) is 0 Å². The van der Waals surface area contributed by atoms with E-state index < -0.39 is 0 Å². The van der Waals surface area contributed by atoms with Crippen molar-refractivity contribution in [3.8, 4) is 0 Å². The highest BCUT2D eigenvalue weighted by Gasteiger charge is 2.25. The lowest BCUT2D eigenvalue weighted by atomic mass is 10.2. The fourth-order valence-corrected chi connectivity index (χ4v) is 0.688. The maximum atomic E-state index is 10.7. The molecule has 0 radical (unpaired) electrons.